The van der Waals surface area contributed by atoms with E-state index in [0.29, 0.717) is 5.92 Å². The average Bonchev–Trinajstić information content (AvgIpc) is 2.59. The van der Waals surface area contributed by atoms with E-state index in [1.807, 2.05) is 0 Å². The van der Waals surface area contributed by atoms with Crippen LogP contribution in [0, 0.1) is 29.2 Å². The highest BCUT2D eigenvalue weighted by molar-refractivity contribution is 5.65. The lowest BCUT2D eigenvalue weighted by Gasteiger charge is -2.22. The van der Waals surface area contributed by atoms with Gasteiger partial charge in [-0.2, -0.15) is 0 Å². The number of allylic oxidation sites excluding steroid dienone is 2. The summed E-state index contributed by atoms with van der Waals surface area (Å²) >= 11 is 0. The molecule has 0 aromatic heterocycles. The van der Waals surface area contributed by atoms with E-state index in [4.69, 9.17) is 0 Å². The van der Waals surface area contributed by atoms with Gasteiger partial charge in [0.05, 0.1) is 0 Å². The summed E-state index contributed by atoms with van der Waals surface area (Å²) in [6.45, 7) is 2.14. The van der Waals surface area contributed by atoms with Gasteiger partial charge in [-0.3, -0.25) is 0 Å². The molecule has 0 spiro atoms. The summed E-state index contributed by atoms with van der Waals surface area (Å²) in [6.07, 6.45) is 7.38. The van der Waals surface area contributed by atoms with Gasteiger partial charge in [0.15, 0.2) is 17.5 Å². The molecule has 126 valence electrons. The summed E-state index contributed by atoms with van der Waals surface area (Å²) in [6, 6.07) is 6.27. The minimum atomic E-state index is -1.55. The van der Waals surface area contributed by atoms with Crippen LogP contribution in [0.3, 0.4) is 0 Å². The SMILES string of the molecule is CCC1C=CC(c2ccc(-c3cc(F)c(F)c(F)c3)c(F)c2)CC1. The summed E-state index contributed by atoms with van der Waals surface area (Å²) in [5, 5.41) is 0. The maximum Gasteiger partial charge on any atom is 0.194 e. The van der Waals surface area contributed by atoms with Crippen LogP contribution >= 0.6 is 0 Å². The minimum absolute atomic E-state index is 0.0133. The van der Waals surface area contributed by atoms with Gasteiger partial charge in [0.1, 0.15) is 5.82 Å². The molecule has 4 heteroatoms. The predicted molar refractivity (Wildman–Crippen MR) is 86.6 cm³/mol. The molecule has 0 nitrogen and oxygen atoms in total. The molecule has 24 heavy (non-hydrogen) atoms. The molecular weight excluding hydrogens is 316 g/mol. The number of halogens is 4. The normalized spacial score (nSPS) is 20.4. The maximum absolute atomic E-state index is 14.4. The minimum Gasteiger partial charge on any atom is -0.206 e. The van der Waals surface area contributed by atoms with Gasteiger partial charge in [-0.15, -0.1) is 0 Å². The molecule has 0 heterocycles. The highest BCUT2D eigenvalue weighted by Gasteiger charge is 2.19. The Morgan fingerprint density at radius 3 is 2.12 bits per heavy atom. The highest BCUT2D eigenvalue weighted by atomic mass is 19.2. The Kier molecular flexibility index (Phi) is 4.74. The van der Waals surface area contributed by atoms with Crippen LogP contribution in [-0.4, -0.2) is 0 Å². The lowest BCUT2D eigenvalue weighted by molar-refractivity contribution is 0.447. The van der Waals surface area contributed by atoms with E-state index in [2.05, 4.69) is 19.1 Å². The molecule has 2 aromatic rings. The number of hydrogen-bond donors (Lipinski definition) is 0. The number of hydrogen-bond acceptors (Lipinski definition) is 0. The van der Waals surface area contributed by atoms with E-state index in [1.54, 1.807) is 6.07 Å². The maximum atomic E-state index is 14.4. The molecule has 2 atom stereocenters. The molecule has 0 saturated heterocycles. The van der Waals surface area contributed by atoms with Crippen molar-refractivity contribution in [2.24, 2.45) is 5.92 Å². The first-order chi connectivity index (χ1) is 11.5. The van der Waals surface area contributed by atoms with Crippen LogP contribution in [-0.2, 0) is 0 Å². The summed E-state index contributed by atoms with van der Waals surface area (Å²) < 4.78 is 54.2. The predicted octanol–water partition coefficient (Wildman–Crippen LogP) is 6.37. The molecule has 0 radical (unpaired) electrons. The van der Waals surface area contributed by atoms with Gasteiger partial charge in [0.25, 0.3) is 0 Å². The first kappa shape index (κ1) is 16.7. The Morgan fingerprint density at radius 1 is 0.875 bits per heavy atom. The smallest absolute Gasteiger partial charge is 0.194 e. The lowest BCUT2D eigenvalue weighted by atomic mass is 9.83. The van der Waals surface area contributed by atoms with Crippen molar-refractivity contribution >= 4 is 0 Å². The first-order valence-corrected chi connectivity index (χ1v) is 8.12. The van der Waals surface area contributed by atoms with Crippen molar-refractivity contribution in [2.45, 2.75) is 32.1 Å². The van der Waals surface area contributed by atoms with Gasteiger partial charge < -0.3 is 0 Å². The Hall–Kier alpha value is -2.10. The molecule has 0 fully saturated rings. The molecule has 0 aliphatic heterocycles. The zero-order valence-corrected chi connectivity index (χ0v) is 13.3. The van der Waals surface area contributed by atoms with Crippen LogP contribution < -0.4 is 0 Å². The van der Waals surface area contributed by atoms with Gasteiger partial charge >= 0.3 is 0 Å². The molecule has 0 amide bonds. The van der Waals surface area contributed by atoms with Crippen molar-refractivity contribution in [3.63, 3.8) is 0 Å². The van der Waals surface area contributed by atoms with Gasteiger partial charge in [-0.1, -0.05) is 31.2 Å². The van der Waals surface area contributed by atoms with Crippen LogP contribution in [0.25, 0.3) is 11.1 Å². The molecule has 3 rings (SSSR count). The molecule has 2 unspecified atom stereocenters. The summed E-state index contributed by atoms with van der Waals surface area (Å²) in [5.74, 6) is -4.03. The van der Waals surface area contributed by atoms with Crippen molar-refractivity contribution < 1.29 is 17.6 Å². The second-order valence-electron chi connectivity index (χ2n) is 6.23. The largest absolute Gasteiger partial charge is 0.206 e. The fraction of sp³-hybridized carbons (Fsp3) is 0.300. The second kappa shape index (κ2) is 6.80. The summed E-state index contributed by atoms with van der Waals surface area (Å²) in [5.41, 5.74) is 0.883. The Balaban J connectivity index is 1.91. The lowest BCUT2D eigenvalue weighted by Crippen LogP contribution is -2.07. The molecule has 0 N–H and O–H groups in total. The standard InChI is InChI=1S/C20H18F4/c1-2-12-3-5-13(6-4-12)14-7-8-16(17(21)9-14)15-10-18(22)20(24)19(23)11-15/h3,5,7-13H,2,4,6H2,1H3. The molecule has 1 aliphatic carbocycles. The van der Waals surface area contributed by atoms with Crippen molar-refractivity contribution in [3.8, 4) is 11.1 Å². The third kappa shape index (κ3) is 3.23. The van der Waals surface area contributed by atoms with E-state index in [9.17, 15) is 17.6 Å². The van der Waals surface area contributed by atoms with Crippen molar-refractivity contribution in [2.75, 3.05) is 0 Å². The van der Waals surface area contributed by atoms with E-state index in [-0.39, 0.29) is 17.0 Å². The third-order valence-electron chi connectivity index (χ3n) is 4.70. The zero-order valence-electron chi connectivity index (χ0n) is 13.3. The van der Waals surface area contributed by atoms with E-state index >= 15 is 0 Å². The topological polar surface area (TPSA) is 0 Å². The van der Waals surface area contributed by atoms with Crippen molar-refractivity contribution in [3.05, 3.63) is 71.3 Å². The number of benzene rings is 2. The van der Waals surface area contributed by atoms with Gasteiger partial charge in [-0.05, 0) is 54.5 Å². The second-order valence-corrected chi connectivity index (χ2v) is 6.23. The molecule has 1 aliphatic rings. The Morgan fingerprint density at radius 2 is 1.58 bits per heavy atom. The van der Waals surface area contributed by atoms with Crippen molar-refractivity contribution in [1.82, 2.24) is 0 Å². The summed E-state index contributed by atoms with van der Waals surface area (Å²) in [4.78, 5) is 0. The fourth-order valence-electron chi connectivity index (χ4n) is 3.20. The van der Waals surface area contributed by atoms with Crippen LogP contribution in [0.4, 0.5) is 17.6 Å². The highest BCUT2D eigenvalue weighted by Crippen LogP contribution is 2.34. The van der Waals surface area contributed by atoms with E-state index in [0.717, 1.165) is 37.0 Å². The third-order valence-corrected chi connectivity index (χ3v) is 4.70. The first-order valence-electron chi connectivity index (χ1n) is 8.12. The molecular formula is C20H18F4. The van der Waals surface area contributed by atoms with E-state index < -0.39 is 23.3 Å². The summed E-state index contributed by atoms with van der Waals surface area (Å²) in [7, 11) is 0. The average molecular weight is 334 g/mol. The quantitative estimate of drug-likeness (QED) is 0.347. The monoisotopic (exact) mass is 334 g/mol. The van der Waals surface area contributed by atoms with Gasteiger partial charge in [-0.25, -0.2) is 17.6 Å². The van der Waals surface area contributed by atoms with Crippen LogP contribution in [0.15, 0.2) is 42.5 Å². The van der Waals surface area contributed by atoms with Crippen LogP contribution in [0.2, 0.25) is 0 Å². The van der Waals surface area contributed by atoms with Crippen molar-refractivity contribution in [1.29, 1.82) is 0 Å². The van der Waals surface area contributed by atoms with Crippen LogP contribution in [0.1, 0.15) is 37.7 Å². The van der Waals surface area contributed by atoms with Gasteiger partial charge in [0, 0.05) is 11.5 Å². The Labute approximate surface area is 138 Å². The van der Waals surface area contributed by atoms with E-state index in [1.165, 1.54) is 12.1 Å². The molecule has 0 saturated carbocycles. The Bertz CT molecular complexity index is 756. The number of rotatable bonds is 3. The zero-order chi connectivity index (χ0) is 17.3. The fourth-order valence-corrected chi connectivity index (χ4v) is 3.20. The van der Waals surface area contributed by atoms with Gasteiger partial charge in [0.2, 0.25) is 0 Å². The van der Waals surface area contributed by atoms with Crippen LogP contribution in [0.5, 0.6) is 0 Å². The molecule has 0 bridgehead atoms. The molecule has 2 aromatic carbocycles.